The Morgan fingerprint density at radius 3 is 2.53 bits per heavy atom. The summed E-state index contributed by atoms with van der Waals surface area (Å²) in [5.74, 6) is 1.70. The first kappa shape index (κ1) is 11.1. The fourth-order valence-electron chi connectivity index (χ4n) is 3.99. The monoisotopic (exact) mass is 237 g/mol. The van der Waals surface area contributed by atoms with Gasteiger partial charge in [-0.25, -0.2) is 9.69 Å². The number of carbonyl (C=O) groups excluding carboxylic acids is 2. The van der Waals surface area contributed by atoms with Crippen LogP contribution in [-0.2, 0) is 9.53 Å². The number of amides is 2. The van der Waals surface area contributed by atoms with E-state index in [0.717, 1.165) is 6.42 Å². The van der Waals surface area contributed by atoms with Crippen LogP contribution in [0.3, 0.4) is 0 Å². The van der Waals surface area contributed by atoms with Crippen molar-refractivity contribution in [3.8, 4) is 0 Å². The van der Waals surface area contributed by atoms with Gasteiger partial charge in [0.2, 0.25) is 5.91 Å². The Kier molecular flexibility index (Phi) is 2.42. The molecule has 5 atom stereocenters. The number of nitrogens with zero attached hydrogens (tertiary/aromatic N) is 1. The van der Waals surface area contributed by atoms with Crippen molar-refractivity contribution in [2.24, 2.45) is 23.7 Å². The Hall–Kier alpha value is -1.06. The van der Waals surface area contributed by atoms with Crippen LogP contribution in [0.15, 0.2) is 0 Å². The van der Waals surface area contributed by atoms with Crippen LogP contribution in [0.1, 0.15) is 33.1 Å². The third kappa shape index (κ3) is 1.49. The Labute approximate surface area is 101 Å². The Bertz CT molecular complexity index is 366. The highest BCUT2D eigenvalue weighted by Gasteiger charge is 2.51. The average molecular weight is 237 g/mol. The zero-order valence-corrected chi connectivity index (χ0v) is 10.4. The molecule has 0 aromatic carbocycles. The van der Waals surface area contributed by atoms with Crippen LogP contribution in [0.5, 0.6) is 0 Å². The van der Waals surface area contributed by atoms with Gasteiger partial charge in [0.15, 0.2) is 0 Å². The highest BCUT2D eigenvalue weighted by atomic mass is 16.6. The summed E-state index contributed by atoms with van der Waals surface area (Å²) in [7, 11) is 0. The second kappa shape index (κ2) is 3.72. The molecular weight excluding hydrogens is 218 g/mol. The normalized spacial score (nSPS) is 44.2. The van der Waals surface area contributed by atoms with Crippen molar-refractivity contribution in [2.75, 3.05) is 6.61 Å². The molecule has 2 unspecified atom stereocenters. The molecule has 0 aromatic heterocycles. The Morgan fingerprint density at radius 2 is 2.00 bits per heavy atom. The first-order valence-electron chi connectivity index (χ1n) is 6.59. The minimum absolute atomic E-state index is 0.0136. The minimum Gasteiger partial charge on any atom is -0.447 e. The lowest BCUT2D eigenvalue weighted by Crippen LogP contribution is -2.44. The maximum Gasteiger partial charge on any atom is 0.416 e. The molecule has 4 nitrogen and oxygen atoms in total. The van der Waals surface area contributed by atoms with Crippen LogP contribution in [0.2, 0.25) is 0 Å². The van der Waals surface area contributed by atoms with Crippen molar-refractivity contribution < 1.29 is 14.3 Å². The van der Waals surface area contributed by atoms with Gasteiger partial charge in [0, 0.05) is 5.92 Å². The number of cyclic esters (lactones) is 1. The van der Waals surface area contributed by atoms with Crippen LogP contribution in [0, 0.1) is 23.7 Å². The average Bonchev–Trinajstić information content (AvgIpc) is 2.93. The van der Waals surface area contributed by atoms with Gasteiger partial charge in [0.25, 0.3) is 0 Å². The first-order valence-corrected chi connectivity index (χ1v) is 6.59. The molecule has 0 aromatic rings. The molecule has 2 saturated carbocycles. The van der Waals surface area contributed by atoms with Crippen molar-refractivity contribution in [3.63, 3.8) is 0 Å². The summed E-state index contributed by atoms with van der Waals surface area (Å²) in [6.07, 6.45) is 3.14. The number of hydrogen-bond acceptors (Lipinski definition) is 3. The van der Waals surface area contributed by atoms with Crippen molar-refractivity contribution in [1.82, 2.24) is 4.90 Å². The number of carbonyl (C=O) groups is 2. The topological polar surface area (TPSA) is 46.6 Å². The molecule has 2 aliphatic carbocycles. The maximum absolute atomic E-state index is 12.5. The van der Waals surface area contributed by atoms with Gasteiger partial charge in [-0.2, -0.15) is 0 Å². The Balaban J connectivity index is 1.80. The van der Waals surface area contributed by atoms with Gasteiger partial charge in [-0.1, -0.05) is 6.92 Å². The molecule has 1 saturated heterocycles. The van der Waals surface area contributed by atoms with Gasteiger partial charge in [-0.05, 0) is 43.9 Å². The van der Waals surface area contributed by atoms with Gasteiger partial charge in [0.1, 0.15) is 6.61 Å². The van der Waals surface area contributed by atoms with Gasteiger partial charge >= 0.3 is 6.09 Å². The second-order valence-corrected chi connectivity index (χ2v) is 5.85. The van der Waals surface area contributed by atoms with Crippen LogP contribution < -0.4 is 0 Å². The summed E-state index contributed by atoms with van der Waals surface area (Å²) < 4.78 is 4.94. The molecule has 2 amide bonds. The first-order chi connectivity index (χ1) is 8.09. The minimum atomic E-state index is -0.447. The highest BCUT2D eigenvalue weighted by molar-refractivity contribution is 5.95. The number of ether oxygens (including phenoxy) is 1. The number of imide groups is 1. The third-order valence-electron chi connectivity index (χ3n) is 4.94. The predicted molar refractivity (Wildman–Crippen MR) is 61.1 cm³/mol. The Morgan fingerprint density at radius 1 is 1.29 bits per heavy atom. The third-order valence-corrected chi connectivity index (χ3v) is 4.94. The SMILES string of the molecule is C[C@@H]1C2CCC(C2)[C@H]1C(=O)N1C(=O)OC[C@@H]1C. The number of rotatable bonds is 1. The zero-order valence-electron chi connectivity index (χ0n) is 10.4. The summed E-state index contributed by atoms with van der Waals surface area (Å²) in [4.78, 5) is 25.4. The van der Waals surface area contributed by atoms with Crippen LogP contribution in [0.25, 0.3) is 0 Å². The van der Waals surface area contributed by atoms with E-state index in [9.17, 15) is 9.59 Å². The molecule has 0 radical (unpaired) electrons. The largest absolute Gasteiger partial charge is 0.447 e. The molecule has 1 heterocycles. The van der Waals surface area contributed by atoms with Crippen molar-refractivity contribution in [1.29, 1.82) is 0 Å². The second-order valence-electron chi connectivity index (χ2n) is 5.85. The summed E-state index contributed by atoms with van der Waals surface area (Å²) >= 11 is 0. The summed E-state index contributed by atoms with van der Waals surface area (Å²) in [5.41, 5.74) is 0. The molecule has 3 rings (SSSR count). The lowest BCUT2D eigenvalue weighted by atomic mass is 9.79. The van der Waals surface area contributed by atoms with Crippen molar-refractivity contribution >= 4 is 12.0 Å². The van der Waals surface area contributed by atoms with E-state index in [2.05, 4.69) is 6.92 Å². The molecule has 1 aliphatic heterocycles. The molecular formula is C13H19NO3. The quantitative estimate of drug-likeness (QED) is 0.701. The highest BCUT2D eigenvalue weighted by Crippen LogP contribution is 2.52. The predicted octanol–water partition coefficient (Wildman–Crippen LogP) is 2.04. The van der Waals surface area contributed by atoms with E-state index in [0.29, 0.717) is 24.4 Å². The van der Waals surface area contributed by atoms with Crippen LogP contribution in [-0.4, -0.2) is 29.5 Å². The van der Waals surface area contributed by atoms with Gasteiger partial charge in [-0.15, -0.1) is 0 Å². The van der Waals surface area contributed by atoms with Crippen LogP contribution >= 0.6 is 0 Å². The van der Waals surface area contributed by atoms with E-state index < -0.39 is 6.09 Å². The van der Waals surface area contributed by atoms with Gasteiger partial charge < -0.3 is 4.74 Å². The fraction of sp³-hybridized carbons (Fsp3) is 0.846. The lowest BCUT2D eigenvalue weighted by Gasteiger charge is -2.30. The van der Waals surface area contributed by atoms with Gasteiger partial charge in [0.05, 0.1) is 6.04 Å². The molecule has 94 valence electrons. The van der Waals surface area contributed by atoms with E-state index in [-0.39, 0.29) is 17.9 Å². The molecule has 3 fully saturated rings. The number of hydrogen-bond donors (Lipinski definition) is 0. The lowest BCUT2D eigenvalue weighted by molar-refractivity contribution is -0.136. The van der Waals surface area contributed by atoms with E-state index in [4.69, 9.17) is 4.74 Å². The maximum atomic E-state index is 12.5. The standard InChI is InChI=1S/C13H19NO3/c1-7-6-17-13(16)14(7)12(15)11-8(2)9-3-4-10(11)5-9/h7-11H,3-6H2,1-2H3/t7-,8+,9?,10?,11-/m0/s1. The fourth-order valence-corrected chi connectivity index (χ4v) is 3.99. The zero-order chi connectivity index (χ0) is 12.2. The van der Waals surface area contributed by atoms with Crippen LogP contribution in [0.4, 0.5) is 4.79 Å². The summed E-state index contributed by atoms with van der Waals surface area (Å²) in [6.45, 7) is 4.39. The molecule has 4 heteroatoms. The van der Waals surface area contributed by atoms with Crippen molar-refractivity contribution in [2.45, 2.75) is 39.2 Å². The van der Waals surface area contributed by atoms with E-state index in [1.807, 2.05) is 6.92 Å². The smallest absolute Gasteiger partial charge is 0.416 e. The van der Waals surface area contributed by atoms with E-state index >= 15 is 0 Å². The molecule has 0 spiro atoms. The molecule has 3 aliphatic rings. The summed E-state index contributed by atoms with van der Waals surface area (Å²) in [6, 6.07) is -0.0960. The van der Waals surface area contributed by atoms with E-state index in [1.54, 1.807) is 0 Å². The summed E-state index contributed by atoms with van der Waals surface area (Å²) in [5, 5.41) is 0. The molecule has 2 bridgehead atoms. The number of fused-ring (bicyclic) bond motifs is 2. The van der Waals surface area contributed by atoms with Gasteiger partial charge in [-0.3, -0.25) is 4.79 Å². The molecule has 0 N–H and O–H groups in total. The molecule has 17 heavy (non-hydrogen) atoms. The van der Waals surface area contributed by atoms with Crippen molar-refractivity contribution in [3.05, 3.63) is 0 Å². The van der Waals surface area contributed by atoms with E-state index in [1.165, 1.54) is 17.7 Å².